The maximum absolute atomic E-state index is 4.24. The van der Waals surface area contributed by atoms with Gasteiger partial charge in [0.25, 0.3) is 0 Å². The van der Waals surface area contributed by atoms with Crippen LogP contribution in [0.5, 0.6) is 0 Å². The number of hydrogen-bond donors (Lipinski definition) is 0. The van der Waals surface area contributed by atoms with Crippen LogP contribution < -0.4 is 0 Å². The maximum atomic E-state index is 4.24. The SMILES string of the molecule is CCC(C)CCC1CC1N(C)C(C)CC1C=N1. The van der Waals surface area contributed by atoms with Crippen molar-refractivity contribution in [2.45, 2.75) is 71.0 Å². The Bertz CT molecular complexity index is 268. The lowest BCUT2D eigenvalue weighted by Gasteiger charge is -2.25. The van der Waals surface area contributed by atoms with Gasteiger partial charge in [0.1, 0.15) is 0 Å². The van der Waals surface area contributed by atoms with Gasteiger partial charge < -0.3 is 4.90 Å². The average molecular weight is 236 g/mol. The van der Waals surface area contributed by atoms with Crippen molar-refractivity contribution < 1.29 is 0 Å². The van der Waals surface area contributed by atoms with Gasteiger partial charge in [0.15, 0.2) is 0 Å². The minimum absolute atomic E-state index is 0.574. The van der Waals surface area contributed by atoms with Gasteiger partial charge in [0.2, 0.25) is 0 Å². The second-order valence-corrected chi connectivity index (χ2v) is 6.27. The van der Waals surface area contributed by atoms with Crippen LogP contribution in [0.25, 0.3) is 0 Å². The fourth-order valence-electron chi connectivity index (χ4n) is 2.77. The molecule has 2 rings (SSSR count). The van der Waals surface area contributed by atoms with E-state index in [-0.39, 0.29) is 0 Å². The Morgan fingerprint density at radius 2 is 2.12 bits per heavy atom. The molecule has 0 bridgehead atoms. The number of rotatable bonds is 8. The van der Waals surface area contributed by atoms with Gasteiger partial charge in [-0.2, -0.15) is 0 Å². The molecule has 0 aromatic rings. The highest BCUT2D eigenvalue weighted by Gasteiger charge is 2.41. The maximum Gasteiger partial charge on any atom is 0.0858 e. The molecule has 2 heteroatoms. The van der Waals surface area contributed by atoms with Gasteiger partial charge in [-0.3, -0.25) is 4.99 Å². The van der Waals surface area contributed by atoms with Crippen LogP contribution >= 0.6 is 0 Å². The molecule has 0 N–H and O–H groups in total. The van der Waals surface area contributed by atoms with E-state index in [0.717, 1.165) is 17.9 Å². The van der Waals surface area contributed by atoms with Crippen LogP contribution in [-0.4, -0.2) is 36.3 Å². The predicted octanol–water partition coefficient (Wildman–Crippen LogP) is 3.36. The Morgan fingerprint density at radius 3 is 2.71 bits per heavy atom. The Hall–Kier alpha value is -0.370. The van der Waals surface area contributed by atoms with Gasteiger partial charge in [0, 0.05) is 18.3 Å². The van der Waals surface area contributed by atoms with E-state index in [9.17, 15) is 0 Å². The number of hydrogen-bond acceptors (Lipinski definition) is 2. The van der Waals surface area contributed by atoms with Crippen LogP contribution in [0.4, 0.5) is 0 Å². The van der Waals surface area contributed by atoms with Gasteiger partial charge >= 0.3 is 0 Å². The summed E-state index contributed by atoms with van der Waals surface area (Å²) >= 11 is 0. The Labute approximate surface area is 106 Å². The third-order valence-electron chi connectivity index (χ3n) is 4.77. The highest BCUT2D eigenvalue weighted by atomic mass is 15.2. The Kier molecular flexibility index (Phi) is 4.24. The molecule has 1 heterocycles. The van der Waals surface area contributed by atoms with Crippen LogP contribution in [0.2, 0.25) is 0 Å². The lowest BCUT2D eigenvalue weighted by molar-refractivity contribution is 0.223. The molecule has 17 heavy (non-hydrogen) atoms. The molecule has 0 amide bonds. The molecule has 0 spiro atoms. The van der Waals surface area contributed by atoms with Gasteiger partial charge in [-0.05, 0) is 45.1 Å². The van der Waals surface area contributed by atoms with E-state index in [1.54, 1.807) is 0 Å². The van der Waals surface area contributed by atoms with Crippen LogP contribution in [0.15, 0.2) is 4.99 Å². The third kappa shape index (κ3) is 3.80. The zero-order valence-electron chi connectivity index (χ0n) is 11.9. The van der Waals surface area contributed by atoms with Crippen molar-refractivity contribution in [2.75, 3.05) is 7.05 Å². The van der Waals surface area contributed by atoms with Gasteiger partial charge in [-0.15, -0.1) is 0 Å². The molecule has 0 aromatic carbocycles. The predicted molar refractivity (Wildman–Crippen MR) is 74.7 cm³/mol. The lowest BCUT2D eigenvalue weighted by atomic mass is 10.0. The summed E-state index contributed by atoms with van der Waals surface area (Å²) < 4.78 is 0. The number of nitrogens with zero attached hydrogens (tertiary/aromatic N) is 2. The summed E-state index contributed by atoms with van der Waals surface area (Å²) in [5.41, 5.74) is 0. The molecule has 1 aliphatic heterocycles. The Balaban J connectivity index is 1.63. The molecule has 5 unspecified atom stereocenters. The summed E-state index contributed by atoms with van der Waals surface area (Å²) in [6, 6.07) is 2.14. The smallest absolute Gasteiger partial charge is 0.0858 e. The molecule has 1 saturated carbocycles. The first-order valence-corrected chi connectivity index (χ1v) is 7.37. The molecular weight excluding hydrogens is 208 g/mol. The van der Waals surface area contributed by atoms with E-state index in [2.05, 4.69) is 43.9 Å². The van der Waals surface area contributed by atoms with Gasteiger partial charge in [-0.25, -0.2) is 0 Å². The van der Waals surface area contributed by atoms with Crippen molar-refractivity contribution in [3.8, 4) is 0 Å². The first-order chi connectivity index (χ1) is 8.11. The highest BCUT2D eigenvalue weighted by Crippen LogP contribution is 2.41. The standard InChI is InChI=1S/C15H28N2/c1-5-11(2)6-7-13-9-15(13)17(4)12(3)8-14-10-16-14/h10-15H,5-9H2,1-4H3. The molecule has 0 aromatic heterocycles. The minimum Gasteiger partial charge on any atom is -0.300 e. The van der Waals surface area contributed by atoms with Crippen LogP contribution in [0.1, 0.15) is 52.9 Å². The second-order valence-electron chi connectivity index (χ2n) is 6.27. The molecule has 1 fully saturated rings. The lowest BCUT2D eigenvalue weighted by Crippen LogP contribution is -2.33. The summed E-state index contributed by atoms with van der Waals surface area (Å²) in [6.07, 6.45) is 8.94. The zero-order chi connectivity index (χ0) is 12.4. The molecule has 0 radical (unpaired) electrons. The Morgan fingerprint density at radius 1 is 1.41 bits per heavy atom. The molecule has 2 nitrogen and oxygen atoms in total. The third-order valence-corrected chi connectivity index (χ3v) is 4.77. The molecule has 98 valence electrons. The van der Waals surface area contributed by atoms with E-state index in [4.69, 9.17) is 0 Å². The van der Waals surface area contributed by atoms with Crippen LogP contribution in [0, 0.1) is 11.8 Å². The van der Waals surface area contributed by atoms with Crippen molar-refractivity contribution in [2.24, 2.45) is 16.8 Å². The monoisotopic (exact) mass is 236 g/mol. The van der Waals surface area contributed by atoms with Crippen LogP contribution in [0.3, 0.4) is 0 Å². The average Bonchev–Trinajstić information content (AvgIpc) is 3.19. The van der Waals surface area contributed by atoms with E-state index >= 15 is 0 Å². The van der Waals surface area contributed by atoms with Gasteiger partial charge in [-0.1, -0.05) is 26.7 Å². The van der Waals surface area contributed by atoms with Crippen molar-refractivity contribution in [1.82, 2.24) is 4.90 Å². The summed E-state index contributed by atoms with van der Waals surface area (Å²) in [7, 11) is 2.31. The first-order valence-electron chi connectivity index (χ1n) is 7.37. The topological polar surface area (TPSA) is 15.6 Å². The minimum atomic E-state index is 0.574. The highest BCUT2D eigenvalue weighted by molar-refractivity contribution is 5.77. The second kappa shape index (κ2) is 5.51. The fraction of sp³-hybridized carbons (Fsp3) is 0.933. The first kappa shape index (κ1) is 13.1. The molecule has 0 saturated heterocycles. The molecule has 2 aliphatic rings. The van der Waals surface area contributed by atoms with E-state index in [1.165, 1.54) is 32.1 Å². The van der Waals surface area contributed by atoms with Crippen LogP contribution in [-0.2, 0) is 0 Å². The molecular formula is C15H28N2. The van der Waals surface area contributed by atoms with E-state index in [1.807, 2.05) is 0 Å². The summed E-state index contributed by atoms with van der Waals surface area (Å²) in [4.78, 5) is 6.84. The largest absolute Gasteiger partial charge is 0.300 e. The van der Waals surface area contributed by atoms with E-state index < -0.39 is 0 Å². The summed E-state index contributed by atoms with van der Waals surface area (Å²) in [6.45, 7) is 7.04. The molecule has 1 aliphatic carbocycles. The summed E-state index contributed by atoms with van der Waals surface area (Å²) in [5, 5.41) is 0. The van der Waals surface area contributed by atoms with Crippen molar-refractivity contribution in [3.05, 3.63) is 0 Å². The zero-order valence-corrected chi connectivity index (χ0v) is 11.9. The van der Waals surface area contributed by atoms with Crippen molar-refractivity contribution in [3.63, 3.8) is 0 Å². The summed E-state index contributed by atoms with van der Waals surface area (Å²) in [5.74, 6) is 1.90. The quantitative estimate of drug-likeness (QED) is 0.631. The number of aliphatic imine (C=N–C) groups is 1. The fourth-order valence-corrected chi connectivity index (χ4v) is 2.77. The molecule has 5 atom stereocenters. The van der Waals surface area contributed by atoms with Crippen molar-refractivity contribution in [1.29, 1.82) is 0 Å². The normalized spacial score (nSPS) is 33.8. The van der Waals surface area contributed by atoms with Crippen molar-refractivity contribution >= 4 is 6.21 Å². The van der Waals surface area contributed by atoms with E-state index in [0.29, 0.717) is 12.1 Å². The van der Waals surface area contributed by atoms with Gasteiger partial charge in [0.05, 0.1) is 6.04 Å².